The smallest absolute Gasteiger partial charge is 0.225 e. The van der Waals surface area contributed by atoms with E-state index in [1.165, 1.54) is 5.56 Å². The van der Waals surface area contributed by atoms with Gasteiger partial charge in [-0.15, -0.1) is 0 Å². The van der Waals surface area contributed by atoms with Crippen LogP contribution in [-0.4, -0.2) is 64.0 Å². The molecule has 2 fully saturated rings. The van der Waals surface area contributed by atoms with Crippen LogP contribution < -0.4 is 4.90 Å². The van der Waals surface area contributed by atoms with Gasteiger partial charge in [0.25, 0.3) is 0 Å². The lowest BCUT2D eigenvalue weighted by atomic mass is 9.87. The van der Waals surface area contributed by atoms with E-state index in [0.29, 0.717) is 0 Å². The molecule has 2 aromatic rings. The Morgan fingerprint density at radius 3 is 2.88 bits per heavy atom. The molecule has 0 aliphatic carbocycles. The van der Waals surface area contributed by atoms with Gasteiger partial charge in [0.15, 0.2) is 0 Å². The normalized spacial score (nSPS) is 25.3. The summed E-state index contributed by atoms with van der Waals surface area (Å²) in [6.45, 7) is 6.52. The van der Waals surface area contributed by atoms with Crippen LogP contribution in [0.25, 0.3) is 0 Å². The molecule has 0 amide bonds. The van der Waals surface area contributed by atoms with E-state index in [4.69, 9.17) is 4.74 Å². The minimum Gasteiger partial charge on any atom is -0.379 e. The third kappa shape index (κ3) is 3.27. The molecule has 24 heavy (non-hydrogen) atoms. The Hall–Kier alpha value is -1.99. The number of aryl methyl sites for hydroxylation is 1. The Bertz CT molecular complexity index is 675. The Morgan fingerprint density at radius 2 is 2.08 bits per heavy atom. The second-order valence-electron chi connectivity index (χ2n) is 7.01. The molecule has 0 N–H and O–H groups in total. The average Bonchev–Trinajstić information content (AvgIpc) is 3.13. The fraction of sp³-hybridized carbons (Fsp3) is 0.588. The van der Waals surface area contributed by atoms with Crippen LogP contribution in [-0.2, 0) is 18.3 Å². The van der Waals surface area contributed by atoms with Crippen molar-refractivity contribution in [3.8, 4) is 0 Å². The molecule has 4 heterocycles. The first-order valence-corrected chi connectivity index (χ1v) is 8.52. The highest BCUT2D eigenvalue weighted by atomic mass is 16.5. The molecule has 1 spiro atoms. The van der Waals surface area contributed by atoms with Gasteiger partial charge in [0.05, 0.1) is 19.4 Å². The van der Waals surface area contributed by atoms with Crippen LogP contribution in [0, 0.1) is 5.41 Å². The van der Waals surface area contributed by atoms with Gasteiger partial charge in [0.1, 0.15) is 0 Å². The SMILES string of the molecule is Cn1cc(CN2CCOC[C@@]3(CCN(c4ncccn4)C3)C2)cn1. The molecule has 4 rings (SSSR count). The number of hydrogen-bond donors (Lipinski definition) is 0. The standard InChI is InChI=1S/C17H24N6O/c1-21-10-15(9-20-21)11-22-7-8-24-14-17(12-22)3-6-23(13-17)16-18-4-2-5-19-16/h2,4-5,9-10H,3,6-8,11-14H2,1H3/t17-/m0/s1. The highest BCUT2D eigenvalue weighted by Crippen LogP contribution is 2.35. The van der Waals surface area contributed by atoms with Crippen molar-refractivity contribution < 1.29 is 4.74 Å². The molecule has 0 unspecified atom stereocenters. The van der Waals surface area contributed by atoms with Gasteiger partial charge in [-0.25, -0.2) is 9.97 Å². The van der Waals surface area contributed by atoms with Crippen molar-refractivity contribution in [1.82, 2.24) is 24.6 Å². The first kappa shape index (κ1) is 15.5. The molecule has 128 valence electrons. The summed E-state index contributed by atoms with van der Waals surface area (Å²) in [4.78, 5) is 13.6. The maximum atomic E-state index is 5.96. The fourth-order valence-corrected chi connectivity index (χ4v) is 3.84. The van der Waals surface area contributed by atoms with Crippen molar-refractivity contribution in [3.05, 3.63) is 36.4 Å². The number of nitrogens with zero attached hydrogens (tertiary/aromatic N) is 6. The van der Waals surface area contributed by atoms with Gasteiger partial charge in [-0.3, -0.25) is 9.58 Å². The number of hydrogen-bond acceptors (Lipinski definition) is 6. The van der Waals surface area contributed by atoms with Gasteiger partial charge in [-0.05, 0) is 12.5 Å². The molecule has 0 saturated carbocycles. The topological polar surface area (TPSA) is 59.3 Å². The Labute approximate surface area is 142 Å². The molecule has 7 nitrogen and oxygen atoms in total. The van der Waals surface area contributed by atoms with Crippen LogP contribution in [0.2, 0.25) is 0 Å². The molecule has 7 heteroatoms. The summed E-state index contributed by atoms with van der Waals surface area (Å²) >= 11 is 0. The summed E-state index contributed by atoms with van der Waals surface area (Å²) in [7, 11) is 1.96. The van der Waals surface area contributed by atoms with Crippen LogP contribution in [0.1, 0.15) is 12.0 Å². The monoisotopic (exact) mass is 328 g/mol. The van der Waals surface area contributed by atoms with Crippen molar-refractivity contribution >= 4 is 5.95 Å². The zero-order valence-corrected chi connectivity index (χ0v) is 14.1. The summed E-state index contributed by atoms with van der Waals surface area (Å²) in [5, 5.41) is 4.28. The lowest BCUT2D eigenvalue weighted by molar-refractivity contribution is 0.0798. The Balaban J connectivity index is 1.46. The largest absolute Gasteiger partial charge is 0.379 e. The van der Waals surface area contributed by atoms with Crippen molar-refractivity contribution in [2.24, 2.45) is 12.5 Å². The van der Waals surface area contributed by atoms with Gasteiger partial charge < -0.3 is 9.64 Å². The summed E-state index contributed by atoms with van der Waals surface area (Å²) in [6, 6.07) is 1.86. The molecule has 1 atom stereocenters. The lowest BCUT2D eigenvalue weighted by Gasteiger charge is -2.31. The van der Waals surface area contributed by atoms with E-state index in [1.54, 1.807) is 0 Å². The zero-order chi connectivity index (χ0) is 16.4. The molecule has 2 saturated heterocycles. The van der Waals surface area contributed by atoms with Crippen molar-refractivity contribution in [1.29, 1.82) is 0 Å². The summed E-state index contributed by atoms with van der Waals surface area (Å²) in [5.41, 5.74) is 1.42. The van der Waals surface area contributed by atoms with Gasteiger partial charge in [-0.1, -0.05) is 0 Å². The second kappa shape index (κ2) is 6.49. The van der Waals surface area contributed by atoms with Crippen LogP contribution in [0.3, 0.4) is 0 Å². The molecule has 0 aromatic carbocycles. The predicted octanol–water partition coefficient (Wildman–Crippen LogP) is 0.939. The van der Waals surface area contributed by atoms with E-state index in [2.05, 4.69) is 31.1 Å². The number of anilines is 1. The first-order chi connectivity index (χ1) is 11.7. The second-order valence-corrected chi connectivity index (χ2v) is 7.01. The predicted molar refractivity (Wildman–Crippen MR) is 90.6 cm³/mol. The van der Waals surface area contributed by atoms with Crippen molar-refractivity contribution in [2.75, 3.05) is 44.3 Å². The van der Waals surface area contributed by atoms with E-state index >= 15 is 0 Å². The zero-order valence-electron chi connectivity index (χ0n) is 14.1. The molecular formula is C17H24N6O. The lowest BCUT2D eigenvalue weighted by Crippen LogP contribution is -2.40. The maximum Gasteiger partial charge on any atom is 0.225 e. The van der Waals surface area contributed by atoms with Crippen LogP contribution in [0.4, 0.5) is 5.95 Å². The van der Waals surface area contributed by atoms with Crippen LogP contribution in [0.15, 0.2) is 30.9 Å². The molecule has 0 bridgehead atoms. The van der Waals surface area contributed by atoms with Gasteiger partial charge in [-0.2, -0.15) is 5.10 Å². The van der Waals surface area contributed by atoms with Crippen LogP contribution >= 0.6 is 0 Å². The third-order valence-corrected chi connectivity index (χ3v) is 4.96. The van der Waals surface area contributed by atoms with Gasteiger partial charge in [0, 0.05) is 69.3 Å². The number of rotatable bonds is 3. The average molecular weight is 328 g/mol. The Morgan fingerprint density at radius 1 is 1.21 bits per heavy atom. The quantitative estimate of drug-likeness (QED) is 0.836. The Kier molecular flexibility index (Phi) is 4.20. The summed E-state index contributed by atoms with van der Waals surface area (Å²) in [6.07, 6.45) is 8.79. The molecule has 0 radical (unpaired) electrons. The van der Waals surface area contributed by atoms with Crippen molar-refractivity contribution in [3.63, 3.8) is 0 Å². The van der Waals surface area contributed by atoms with Crippen LogP contribution in [0.5, 0.6) is 0 Å². The maximum absolute atomic E-state index is 5.96. The molecular weight excluding hydrogens is 304 g/mol. The molecule has 2 aliphatic rings. The summed E-state index contributed by atoms with van der Waals surface area (Å²) in [5.74, 6) is 0.831. The highest BCUT2D eigenvalue weighted by molar-refractivity contribution is 5.32. The number of aromatic nitrogens is 4. The third-order valence-electron chi connectivity index (χ3n) is 4.96. The van der Waals surface area contributed by atoms with Gasteiger partial charge >= 0.3 is 0 Å². The number of ether oxygens (including phenoxy) is 1. The fourth-order valence-electron chi connectivity index (χ4n) is 3.84. The first-order valence-electron chi connectivity index (χ1n) is 8.52. The van der Waals surface area contributed by atoms with E-state index in [0.717, 1.165) is 58.3 Å². The van der Waals surface area contributed by atoms with E-state index < -0.39 is 0 Å². The minimum atomic E-state index is 0.165. The van der Waals surface area contributed by atoms with Gasteiger partial charge in [0.2, 0.25) is 5.95 Å². The van der Waals surface area contributed by atoms with E-state index in [9.17, 15) is 0 Å². The molecule has 2 aromatic heterocycles. The van der Waals surface area contributed by atoms with Crippen molar-refractivity contribution in [2.45, 2.75) is 13.0 Å². The van der Waals surface area contributed by atoms with E-state index in [-0.39, 0.29) is 5.41 Å². The summed E-state index contributed by atoms with van der Waals surface area (Å²) < 4.78 is 7.82. The molecule has 2 aliphatic heterocycles. The van der Waals surface area contributed by atoms with E-state index in [1.807, 2.05) is 36.4 Å². The minimum absolute atomic E-state index is 0.165. The highest BCUT2D eigenvalue weighted by Gasteiger charge is 2.41.